The van der Waals surface area contributed by atoms with Crippen LogP contribution in [-0.2, 0) is 14.2 Å². The molecule has 0 radical (unpaired) electrons. The Hall–Kier alpha value is -0.900. The molecule has 1 aliphatic rings. The molecule has 2 rings (SSSR count). The molecular weight excluding hydrogens is 228 g/mol. The van der Waals surface area contributed by atoms with Crippen molar-refractivity contribution in [2.75, 3.05) is 20.8 Å². The van der Waals surface area contributed by atoms with E-state index in [2.05, 4.69) is 31.2 Å². The van der Waals surface area contributed by atoms with E-state index >= 15 is 0 Å². The summed E-state index contributed by atoms with van der Waals surface area (Å²) in [5.74, 6) is 0.403. The molecule has 0 spiro atoms. The van der Waals surface area contributed by atoms with Crippen LogP contribution in [0.5, 0.6) is 0 Å². The van der Waals surface area contributed by atoms with Crippen molar-refractivity contribution in [3.63, 3.8) is 0 Å². The third-order valence-electron chi connectivity index (χ3n) is 3.62. The standard InChI is InChI=1S/C15H22O3/c1-11-4-6-12(7-5-11)14-10-13(8-9-18-14)15(16-2)17-3/h4-7,13-15H,8-10H2,1-3H3/t13-,14+/m1/s1. The van der Waals surface area contributed by atoms with E-state index in [1.54, 1.807) is 14.2 Å². The number of hydrogen-bond acceptors (Lipinski definition) is 3. The smallest absolute Gasteiger partial charge is 0.159 e. The predicted octanol–water partition coefficient (Wildman–Crippen LogP) is 3.08. The van der Waals surface area contributed by atoms with Gasteiger partial charge < -0.3 is 14.2 Å². The summed E-state index contributed by atoms with van der Waals surface area (Å²) < 4.78 is 16.6. The van der Waals surface area contributed by atoms with Crippen molar-refractivity contribution in [1.29, 1.82) is 0 Å². The molecule has 18 heavy (non-hydrogen) atoms. The molecule has 0 bridgehead atoms. The van der Waals surface area contributed by atoms with Crippen molar-refractivity contribution >= 4 is 0 Å². The Morgan fingerprint density at radius 2 is 1.83 bits per heavy atom. The molecule has 1 heterocycles. The maximum absolute atomic E-state index is 5.86. The molecule has 0 saturated carbocycles. The van der Waals surface area contributed by atoms with Crippen LogP contribution in [0.1, 0.15) is 30.1 Å². The first-order valence-corrected chi connectivity index (χ1v) is 6.48. The first-order chi connectivity index (χ1) is 8.74. The average molecular weight is 250 g/mol. The lowest BCUT2D eigenvalue weighted by molar-refractivity contribution is -0.165. The Kier molecular flexibility index (Phi) is 4.75. The SMILES string of the molecule is COC(OC)[C@@H]1CCO[C@H](c2ccc(C)cc2)C1. The first kappa shape index (κ1) is 13.5. The van der Waals surface area contributed by atoms with E-state index in [9.17, 15) is 0 Å². The second-order valence-electron chi connectivity index (χ2n) is 4.89. The molecule has 0 aromatic heterocycles. The molecule has 100 valence electrons. The molecule has 1 aromatic rings. The molecule has 0 N–H and O–H groups in total. The molecule has 1 aliphatic heterocycles. The fourth-order valence-corrected chi connectivity index (χ4v) is 2.56. The van der Waals surface area contributed by atoms with Crippen LogP contribution in [-0.4, -0.2) is 27.1 Å². The molecule has 0 amide bonds. The Balaban J connectivity index is 2.04. The predicted molar refractivity (Wildman–Crippen MR) is 70.4 cm³/mol. The van der Waals surface area contributed by atoms with Gasteiger partial charge in [0.2, 0.25) is 0 Å². The molecule has 1 aromatic carbocycles. The van der Waals surface area contributed by atoms with Gasteiger partial charge in [-0.05, 0) is 25.3 Å². The average Bonchev–Trinajstić information content (AvgIpc) is 2.41. The summed E-state index contributed by atoms with van der Waals surface area (Å²) in [5.41, 5.74) is 2.52. The number of aryl methyl sites for hydroxylation is 1. The van der Waals surface area contributed by atoms with Crippen LogP contribution in [0.25, 0.3) is 0 Å². The van der Waals surface area contributed by atoms with Crippen LogP contribution in [0.2, 0.25) is 0 Å². The van der Waals surface area contributed by atoms with Gasteiger partial charge in [0.1, 0.15) is 0 Å². The normalized spacial score (nSPS) is 24.4. The van der Waals surface area contributed by atoms with Gasteiger partial charge in [-0.3, -0.25) is 0 Å². The largest absolute Gasteiger partial charge is 0.374 e. The maximum Gasteiger partial charge on any atom is 0.159 e. The van der Waals surface area contributed by atoms with Crippen LogP contribution in [0.15, 0.2) is 24.3 Å². The fraction of sp³-hybridized carbons (Fsp3) is 0.600. The number of methoxy groups -OCH3 is 2. The zero-order chi connectivity index (χ0) is 13.0. The van der Waals surface area contributed by atoms with Gasteiger partial charge in [0.05, 0.1) is 6.10 Å². The van der Waals surface area contributed by atoms with E-state index in [1.807, 2.05) is 0 Å². The molecule has 0 aliphatic carbocycles. The molecule has 0 unspecified atom stereocenters. The van der Waals surface area contributed by atoms with E-state index < -0.39 is 0 Å². The van der Waals surface area contributed by atoms with Gasteiger partial charge in [0.25, 0.3) is 0 Å². The minimum Gasteiger partial charge on any atom is -0.374 e. The highest BCUT2D eigenvalue weighted by Gasteiger charge is 2.29. The Labute approximate surface area is 109 Å². The van der Waals surface area contributed by atoms with Crippen molar-refractivity contribution in [2.45, 2.75) is 32.2 Å². The summed E-state index contributed by atoms with van der Waals surface area (Å²) in [7, 11) is 3.40. The maximum atomic E-state index is 5.86. The summed E-state index contributed by atoms with van der Waals surface area (Å²) in [5, 5.41) is 0. The third kappa shape index (κ3) is 3.10. The van der Waals surface area contributed by atoms with E-state index in [0.717, 1.165) is 19.4 Å². The van der Waals surface area contributed by atoms with E-state index in [4.69, 9.17) is 14.2 Å². The van der Waals surface area contributed by atoms with Crippen LogP contribution in [0, 0.1) is 12.8 Å². The first-order valence-electron chi connectivity index (χ1n) is 6.48. The molecule has 2 atom stereocenters. The van der Waals surface area contributed by atoms with Gasteiger partial charge in [-0.1, -0.05) is 29.8 Å². The minimum atomic E-state index is -0.123. The number of hydrogen-bond donors (Lipinski definition) is 0. The zero-order valence-corrected chi connectivity index (χ0v) is 11.4. The molecule has 1 fully saturated rings. The quantitative estimate of drug-likeness (QED) is 0.769. The van der Waals surface area contributed by atoms with Crippen LogP contribution in [0.3, 0.4) is 0 Å². The van der Waals surface area contributed by atoms with E-state index in [0.29, 0.717) is 5.92 Å². The van der Waals surface area contributed by atoms with E-state index in [1.165, 1.54) is 11.1 Å². The highest BCUT2D eigenvalue weighted by atomic mass is 16.7. The van der Waals surface area contributed by atoms with Gasteiger partial charge >= 0.3 is 0 Å². The molecular formula is C15H22O3. The molecule has 3 heteroatoms. The lowest BCUT2D eigenvalue weighted by Crippen LogP contribution is -2.31. The lowest BCUT2D eigenvalue weighted by atomic mass is 9.91. The summed E-state index contributed by atoms with van der Waals surface area (Å²) in [4.78, 5) is 0. The van der Waals surface area contributed by atoms with Crippen molar-refractivity contribution < 1.29 is 14.2 Å². The van der Waals surface area contributed by atoms with Gasteiger partial charge in [0, 0.05) is 26.7 Å². The Bertz CT molecular complexity index is 357. The third-order valence-corrected chi connectivity index (χ3v) is 3.62. The van der Waals surface area contributed by atoms with Crippen molar-refractivity contribution in [3.8, 4) is 0 Å². The summed E-state index contributed by atoms with van der Waals surface area (Å²) in [6, 6.07) is 8.56. The molecule has 3 nitrogen and oxygen atoms in total. The van der Waals surface area contributed by atoms with Crippen molar-refractivity contribution in [3.05, 3.63) is 35.4 Å². The topological polar surface area (TPSA) is 27.7 Å². The minimum absolute atomic E-state index is 0.123. The van der Waals surface area contributed by atoms with Crippen molar-refractivity contribution in [1.82, 2.24) is 0 Å². The fourth-order valence-electron chi connectivity index (χ4n) is 2.56. The highest BCUT2D eigenvalue weighted by Crippen LogP contribution is 2.34. The monoisotopic (exact) mass is 250 g/mol. The van der Waals surface area contributed by atoms with Gasteiger partial charge in [-0.15, -0.1) is 0 Å². The number of benzene rings is 1. The van der Waals surface area contributed by atoms with Gasteiger partial charge in [0.15, 0.2) is 6.29 Å². The summed E-state index contributed by atoms with van der Waals surface area (Å²) in [6.07, 6.45) is 1.99. The molecule has 1 saturated heterocycles. The zero-order valence-electron chi connectivity index (χ0n) is 11.4. The number of rotatable bonds is 4. The second-order valence-corrected chi connectivity index (χ2v) is 4.89. The van der Waals surface area contributed by atoms with Crippen LogP contribution in [0.4, 0.5) is 0 Å². The van der Waals surface area contributed by atoms with Gasteiger partial charge in [-0.25, -0.2) is 0 Å². The van der Waals surface area contributed by atoms with E-state index in [-0.39, 0.29) is 12.4 Å². The Morgan fingerprint density at radius 3 is 2.44 bits per heavy atom. The van der Waals surface area contributed by atoms with Crippen LogP contribution < -0.4 is 0 Å². The lowest BCUT2D eigenvalue weighted by Gasteiger charge is -2.33. The van der Waals surface area contributed by atoms with Crippen LogP contribution >= 0.6 is 0 Å². The summed E-state index contributed by atoms with van der Waals surface area (Å²) in [6.45, 7) is 2.87. The summed E-state index contributed by atoms with van der Waals surface area (Å²) >= 11 is 0. The number of ether oxygens (including phenoxy) is 3. The highest BCUT2D eigenvalue weighted by molar-refractivity contribution is 5.23. The Morgan fingerprint density at radius 1 is 1.17 bits per heavy atom. The van der Waals surface area contributed by atoms with Gasteiger partial charge in [-0.2, -0.15) is 0 Å². The second kappa shape index (κ2) is 6.32. The van der Waals surface area contributed by atoms with Crippen molar-refractivity contribution in [2.24, 2.45) is 5.92 Å².